The first-order chi connectivity index (χ1) is 5.48. The van der Waals surface area contributed by atoms with Crippen molar-refractivity contribution in [2.24, 2.45) is 5.41 Å². The highest BCUT2D eigenvalue weighted by Crippen LogP contribution is 2.33. The van der Waals surface area contributed by atoms with Crippen molar-refractivity contribution in [1.29, 1.82) is 0 Å². The fourth-order valence-corrected chi connectivity index (χ4v) is 1.29. The Morgan fingerprint density at radius 3 is 2.42 bits per heavy atom. The minimum Gasteiger partial charge on any atom is -0.103 e. The zero-order valence-electron chi connectivity index (χ0n) is 8.68. The summed E-state index contributed by atoms with van der Waals surface area (Å²) >= 11 is 1.75. The summed E-state index contributed by atoms with van der Waals surface area (Å²) in [7, 11) is 0. The van der Waals surface area contributed by atoms with Crippen molar-refractivity contribution in [2.75, 3.05) is 0 Å². The van der Waals surface area contributed by atoms with E-state index in [9.17, 15) is 0 Å². The molecule has 0 aliphatic heterocycles. The van der Waals surface area contributed by atoms with Gasteiger partial charge in [0.05, 0.1) is 0 Å². The zero-order chi connectivity index (χ0) is 9.61. The Morgan fingerprint density at radius 1 is 1.42 bits per heavy atom. The van der Waals surface area contributed by atoms with E-state index < -0.39 is 0 Å². The van der Waals surface area contributed by atoms with Crippen LogP contribution in [0.25, 0.3) is 0 Å². The van der Waals surface area contributed by atoms with Crippen LogP contribution in [-0.2, 0) is 0 Å². The average molecular weight is 184 g/mol. The summed E-state index contributed by atoms with van der Waals surface area (Å²) < 4.78 is 0. The molecule has 0 aromatic rings. The van der Waals surface area contributed by atoms with Gasteiger partial charge in [0, 0.05) is 0 Å². The molecule has 0 saturated carbocycles. The van der Waals surface area contributed by atoms with Crippen LogP contribution in [0.15, 0.2) is 23.0 Å². The summed E-state index contributed by atoms with van der Waals surface area (Å²) in [5.74, 6) is 0. The molecule has 0 amide bonds. The second kappa shape index (κ2) is 5.47. The van der Waals surface area contributed by atoms with E-state index in [0.29, 0.717) is 0 Å². The van der Waals surface area contributed by atoms with Crippen LogP contribution < -0.4 is 0 Å². The number of rotatable bonds is 4. The van der Waals surface area contributed by atoms with Crippen LogP contribution in [0.4, 0.5) is 0 Å². The lowest BCUT2D eigenvalue weighted by molar-refractivity contribution is 0.535. The number of hydrogen-bond donors (Lipinski definition) is 0. The normalized spacial score (nSPS) is 12.3. The van der Waals surface area contributed by atoms with Gasteiger partial charge >= 0.3 is 0 Å². The van der Waals surface area contributed by atoms with Crippen molar-refractivity contribution in [3.05, 3.63) is 23.0 Å². The Labute approximate surface area is 81.1 Å². The van der Waals surface area contributed by atoms with Crippen molar-refractivity contribution in [1.82, 2.24) is 0 Å². The standard InChI is InChI=1S/C11H20S/c1-6-7-8-9-12-10(2)11(3,4)5/h8-9H,2,6-7H2,1,3-5H3/b9-8-. The van der Waals surface area contributed by atoms with Gasteiger partial charge in [-0.1, -0.05) is 46.8 Å². The number of thioether (sulfide) groups is 1. The van der Waals surface area contributed by atoms with E-state index in [-0.39, 0.29) is 5.41 Å². The van der Waals surface area contributed by atoms with Gasteiger partial charge in [0.1, 0.15) is 0 Å². The number of hydrogen-bond acceptors (Lipinski definition) is 1. The Morgan fingerprint density at radius 2 is 2.00 bits per heavy atom. The minimum atomic E-state index is 0.223. The number of allylic oxidation sites excluding steroid dienone is 2. The van der Waals surface area contributed by atoms with Gasteiger partial charge in [-0.2, -0.15) is 0 Å². The van der Waals surface area contributed by atoms with E-state index in [0.717, 1.165) is 0 Å². The highest BCUT2D eigenvalue weighted by atomic mass is 32.2. The third kappa shape index (κ3) is 5.48. The van der Waals surface area contributed by atoms with Crippen molar-refractivity contribution >= 4 is 11.8 Å². The molecule has 0 aliphatic carbocycles. The molecule has 1 heteroatoms. The van der Waals surface area contributed by atoms with Crippen LogP contribution in [0, 0.1) is 5.41 Å². The second-order valence-electron chi connectivity index (χ2n) is 3.95. The summed E-state index contributed by atoms with van der Waals surface area (Å²) in [5, 5.41) is 2.15. The molecule has 0 fully saturated rings. The molecule has 0 N–H and O–H groups in total. The largest absolute Gasteiger partial charge is 0.103 e. The van der Waals surface area contributed by atoms with Crippen molar-refractivity contribution in [3.8, 4) is 0 Å². The summed E-state index contributed by atoms with van der Waals surface area (Å²) in [6, 6.07) is 0. The predicted molar refractivity (Wildman–Crippen MR) is 60.2 cm³/mol. The summed E-state index contributed by atoms with van der Waals surface area (Å²) in [6.07, 6.45) is 4.60. The molecule has 0 bridgehead atoms. The van der Waals surface area contributed by atoms with E-state index in [2.05, 4.69) is 45.8 Å². The molecular formula is C11H20S. The molecule has 0 heterocycles. The molecule has 0 saturated heterocycles. The average Bonchev–Trinajstić information content (AvgIpc) is 1.96. The van der Waals surface area contributed by atoms with Crippen molar-refractivity contribution < 1.29 is 0 Å². The molecule has 0 radical (unpaired) electrons. The van der Waals surface area contributed by atoms with Gasteiger partial charge in [-0.3, -0.25) is 0 Å². The third-order valence-corrected chi connectivity index (χ3v) is 2.82. The monoisotopic (exact) mass is 184 g/mol. The lowest BCUT2D eigenvalue weighted by atomic mass is 9.97. The first-order valence-corrected chi connectivity index (χ1v) is 5.37. The van der Waals surface area contributed by atoms with Crippen LogP contribution >= 0.6 is 11.8 Å². The fraction of sp³-hybridized carbons (Fsp3) is 0.636. The Hall–Kier alpha value is -0.170. The molecule has 0 spiro atoms. The van der Waals surface area contributed by atoms with Gasteiger partial charge in [0.15, 0.2) is 0 Å². The van der Waals surface area contributed by atoms with Gasteiger partial charge in [-0.05, 0) is 22.1 Å². The van der Waals surface area contributed by atoms with Crippen LogP contribution in [0.1, 0.15) is 40.5 Å². The smallest absolute Gasteiger partial charge is 0.00746 e. The molecule has 0 aliphatic rings. The van der Waals surface area contributed by atoms with Gasteiger partial charge in [-0.25, -0.2) is 0 Å². The van der Waals surface area contributed by atoms with E-state index in [1.54, 1.807) is 11.8 Å². The minimum absolute atomic E-state index is 0.223. The van der Waals surface area contributed by atoms with E-state index in [1.165, 1.54) is 17.7 Å². The van der Waals surface area contributed by atoms with Crippen LogP contribution in [0.5, 0.6) is 0 Å². The van der Waals surface area contributed by atoms with Crippen molar-refractivity contribution in [2.45, 2.75) is 40.5 Å². The lowest BCUT2D eigenvalue weighted by Crippen LogP contribution is -2.04. The van der Waals surface area contributed by atoms with Gasteiger partial charge < -0.3 is 0 Å². The first-order valence-electron chi connectivity index (χ1n) is 4.49. The van der Waals surface area contributed by atoms with Crippen LogP contribution in [0.3, 0.4) is 0 Å². The molecule has 70 valence electrons. The zero-order valence-corrected chi connectivity index (χ0v) is 9.50. The third-order valence-electron chi connectivity index (χ3n) is 1.60. The van der Waals surface area contributed by atoms with E-state index in [4.69, 9.17) is 0 Å². The first kappa shape index (κ1) is 11.8. The van der Waals surface area contributed by atoms with E-state index in [1.807, 2.05) is 0 Å². The SMILES string of the molecule is C=C(S/C=C\CCC)C(C)(C)C. The molecule has 0 atom stereocenters. The van der Waals surface area contributed by atoms with Crippen molar-refractivity contribution in [3.63, 3.8) is 0 Å². The lowest BCUT2D eigenvalue weighted by Gasteiger charge is -2.19. The predicted octanol–water partition coefficient (Wildman–Crippen LogP) is 4.59. The number of unbranched alkanes of at least 4 members (excludes halogenated alkanes) is 1. The highest BCUT2D eigenvalue weighted by Gasteiger charge is 2.13. The molecule has 0 nitrogen and oxygen atoms in total. The Bertz CT molecular complexity index is 160. The highest BCUT2D eigenvalue weighted by molar-refractivity contribution is 8.05. The molecule has 0 aromatic carbocycles. The maximum absolute atomic E-state index is 4.04. The van der Waals surface area contributed by atoms with Crippen LogP contribution in [0.2, 0.25) is 0 Å². The fourth-order valence-electron chi connectivity index (χ4n) is 0.542. The molecular weight excluding hydrogens is 164 g/mol. The molecule has 12 heavy (non-hydrogen) atoms. The Kier molecular flexibility index (Phi) is 5.39. The van der Waals surface area contributed by atoms with Gasteiger partial charge in [-0.15, -0.1) is 11.8 Å². The Balaban J connectivity index is 3.72. The summed E-state index contributed by atoms with van der Waals surface area (Å²) in [6.45, 7) is 12.8. The van der Waals surface area contributed by atoms with Gasteiger partial charge in [0.2, 0.25) is 0 Å². The molecule has 0 rings (SSSR count). The van der Waals surface area contributed by atoms with E-state index >= 15 is 0 Å². The second-order valence-corrected chi connectivity index (χ2v) is 4.95. The summed E-state index contributed by atoms with van der Waals surface area (Å²) in [4.78, 5) is 1.23. The maximum Gasteiger partial charge on any atom is -0.00746 e. The topological polar surface area (TPSA) is 0 Å². The van der Waals surface area contributed by atoms with Gasteiger partial charge in [0.25, 0.3) is 0 Å². The molecule has 0 aromatic heterocycles. The quantitative estimate of drug-likeness (QED) is 0.615. The van der Waals surface area contributed by atoms with Crippen LogP contribution in [-0.4, -0.2) is 0 Å². The maximum atomic E-state index is 4.04. The molecule has 0 unspecified atom stereocenters. The summed E-state index contributed by atoms with van der Waals surface area (Å²) in [5.41, 5.74) is 0.223.